The number of carbonyl (C=O) groups excluding carboxylic acids is 1. The van der Waals surface area contributed by atoms with E-state index in [4.69, 9.17) is 22.1 Å². The van der Waals surface area contributed by atoms with Crippen molar-refractivity contribution in [3.05, 3.63) is 64.1 Å². The van der Waals surface area contributed by atoms with Crippen molar-refractivity contribution < 1.29 is 23.6 Å². The molecule has 1 aliphatic rings. The van der Waals surface area contributed by atoms with E-state index >= 15 is 0 Å². The number of aryl methyl sites for hydroxylation is 1. The summed E-state index contributed by atoms with van der Waals surface area (Å²) in [7, 11) is 0.322. The van der Waals surface area contributed by atoms with E-state index < -0.39 is 16.8 Å². The second-order valence-electron chi connectivity index (χ2n) is 7.20. The number of carboxylic acid groups (broad SMARTS) is 1. The van der Waals surface area contributed by atoms with Gasteiger partial charge in [-0.25, -0.2) is 0 Å². The Bertz CT molecular complexity index is 1100. The first kappa shape index (κ1) is 24.2. The van der Waals surface area contributed by atoms with Gasteiger partial charge >= 0.3 is 5.97 Å². The van der Waals surface area contributed by atoms with Gasteiger partial charge in [0.15, 0.2) is 0 Å². The second kappa shape index (κ2) is 10.9. The number of nitrogens with zero attached hydrogens (tertiary/aromatic N) is 1. The van der Waals surface area contributed by atoms with Crippen molar-refractivity contribution in [1.29, 1.82) is 0 Å². The van der Waals surface area contributed by atoms with Gasteiger partial charge in [-0.1, -0.05) is 47.7 Å². The Kier molecular flexibility index (Phi) is 8.22. The summed E-state index contributed by atoms with van der Waals surface area (Å²) >= 11 is 6.49. The first-order valence-electron chi connectivity index (χ1n) is 9.87. The molecule has 1 amide bonds. The fourth-order valence-corrected chi connectivity index (χ4v) is 5.57. The first-order valence-corrected chi connectivity index (χ1v) is 12.4. The van der Waals surface area contributed by atoms with Crippen molar-refractivity contribution in [1.82, 2.24) is 4.90 Å². The topological polar surface area (TPSA) is 83.9 Å². The molecule has 168 valence electrons. The van der Waals surface area contributed by atoms with Gasteiger partial charge in [0.25, 0.3) is 5.91 Å². The molecule has 0 aliphatic carbocycles. The fraction of sp³-hybridized carbons (Fsp3) is 0.261. The van der Waals surface area contributed by atoms with E-state index in [2.05, 4.69) is 0 Å². The summed E-state index contributed by atoms with van der Waals surface area (Å²) in [5.74, 6) is -0.223. The molecule has 3 rings (SSSR count). The Morgan fingerprint density at radius 1 is 1.25 bits per heavy atom. The van der Waals surface area contributed by atoms with Crippen molar-refractivity contribution in [2.24, 2.45) is 0 Å². The molecule has 32 heavy (non-hydrogen) atoms. The lowest BCUT2D eigenvalue weighted by Crippen LogP contribution is -2.29. The molecule has 2 aromatic carbocycles. The molecule has 1 saturated heterocycles. The van der Waals surface area contributed by atoms with E-state index in [-0.39, 0.29) is 24.6 Å². The van der Waals surface area contributed by atoms with Crippen LogP contribution in [0.5, 0.6) is 5.75 Å². The minimum absolute atomic E-state index is 0.0178. The minimum atomic E-state index is -1.24. The number of thioether (sulfide) groups is 1. The predicted octanol–water partition coefficient (Wildman–Crippen LogP) is 4.38. The highest BCUT2D eigenvalue weighted by molar-refractivity contribution is 8.26. The molecular formula is C23H23NO5S3. The molecule has 1 unspecified atom stereocenters. The van der Waals surface area contributed by atoms with Gasteiger partial charge in [-0.05, 0) is 49.2 Å². The van der Waals surface area contributed by atoms with Gasteiger partial charge in [0.05, 0.1) is 28.6 Å². The largest absolute Gasteiger partial charge is 0.496 e. The quantitative estimate of drug-likeness (QED) is 0.413. The van der Waals surface area contributed by atoms with Gasteiger partial charge < -0.3 is 9.84 Å². The number of ether oxygens (including phenoxy) is 1. The van der Waals surface area contributed by atoms with E-state index in [1.54, 1.807) is 19.3 Å². The maximum Gasteiger partial charge on any atom is 0.303 e. The number of aliphatic carboxylic acids is 1. The van der Waals surface area contributed by atoms with E-state index in [1.165, 1.54) is 16.7 Å². The summed E-state index contributed by atoms with van der Waals surface area (Å²) in [6.45, 7) is 2.26. The SMILES string of the molecule is COc1ccc(C=C2SC(=S)N(CCCC(=O)O)C2=O)cc1CS(=O)c1ccc(C)cc1. The molecule has 1 heterocycles. The van der Waals surface area contributed by atoms with Crippen molar-refractivity contribution in [2.75, 3.05) is 13.7 Å². The van der Waals surface area contributed by atoms with Gasteiger partial charge in [0.2, 0.25) is 0 Å². The Hall–Kier alpha value is -2.49. The molecule has 2 aromatic rings. The number of rotatable bonds is 9. The minimum Gasteiger partial charge on any atom is -0.496 e. The van der Waals surface area contributed by atoms with Crippen molar-refractivity contribution in [2.45, 2.75) is 30.4 Å². The van der Waals surface area contributed by atoms with Crippen LogP contribution < -0.4 is 4.74 Å². The van der Waals surface area contributed by atoms with Gasteiger partial charge in [-0.3, -0.25) is 18.7 Å². The Labute approximate surface area is 199 Å². The van der Waals surface area contributed by atoms with Gasteiger partial charge in [0, 0.05) is 23.4 Å². The highest BCUT2D eigenvalue weighted by Crippen LogP contribution is 2.33. The van der Waals surface area contributed by atoms with Crippen LogP contribution in [0.2, 0.25) is 0 Å². The Morgan fingerprint density at radius 3 is 2.62 bits per heavy atom. The maximum absolute atomic E-state index is 12.9. The van der Waals surface area contributed by atoms with E-state index in [0.29, 0.717) is 21.4 Å². The van der Waals surface area contributed by atoms with Crippen LogP contribution in [0.15, 0.2) is 52.3 Å². The fourth-order valence-electron chi connectivity index (χ4n) is 3.15. The van der Waals surface area contributed by atoms with Gasteiger partial charge in [-0.2, -0.15) is 0 Å². The molecule has 0 aromatic heterocycles. The molecule has 0 spiro atoms. The Morgan fingerprint density at radius 2 is 1.97 bits per heavy atom. The molecule has 9 heteroatoms. The molecule has 0 bridgehead atoms. The number of carboxylic acids is 1. The summed E-state index contributed by atoms with van der Waals surface area (Å²) in [6, 6.07) is 13.1. The number of hydrogen-bond donors (Lipinski definition) is 1. The number of methoxy groups -OCH3 is 1. The number of thiocarbonyl (C=S) groups is 1. The van der Waals surface area contributed by atoms with E-state index in [9.17, 15) is 13.8 Å². The molecule has 1 atom stereocenters. The van der Waals surface area contributed by atoms with Crippen LogP contribution in [0.1, 0.15) is 29.5 Å². The normalized spacial score (nSPS) is 15.9. The third-order valence-corrected chi connectivity index (χ3v) is 7.57. The summed E-state index contributed by atoms with van der Waals surface area (Å²) < 4.78 is 18.7. The average Bonchev–Trinajstić information content (AvgIpc) is 3.01. The summed E-state index contributed by atoms with van der Waals surface area (Å²) in [5, 5.41) is 8.80. The lowest BCUT2D eigenvalue weighted by molar-refractivity contribution is -0.137. The van der Waals surface area contributed by atoms with Crippen molar-refractivity contribution >= 4 is 57.1 Å². The average molecular weight is 490 g/mol. The smallest absolute Gasteiger partial charge is 0.303 e. The summed E-state index contributed by atoms with van der Waals surface area (Å²) in [5.41, 5.74) is 2.65. The number of benzene rings is 2. The van der Waals surface area contributed by atoms with Crippen LogP contribution in [0.25, 0.3) is 6.08 Å². The van der Waals surface area contributed by atoms with Crippen molar-refractivity contribution in [3.63, 3.8) is 0 Å². The zero-order valence-electron chi connectivity index (χ0n) is 17.7. The molecule has 1 fully saturated rings. The monoisotopic (exact) mass is 489 g/mol. The Balaban J connectivity index is 1.78. The van der Waals surface area contributed by atoms with E-state index in [0.717, 1.165) is 21.6 Å². The van der Waals surface area contributed by atoms with Crippen LogP contribution in [-0.2, 0) is 26.1 Å². The van der Waals surface area contributed by atoms with Crippen molar-refractivity contribution in [3.8, 4) is 5.75 Å². The second-order valence-corrected chi connectivity index (χ2v) is 10.3. The summed E-state index contributed by atoms with van der Waals surface area (Å²) in [6.07, 6.45) is 2.07. The molecule has 1 N–H and O–H groups in total. The zero-order chi connectivity index (χ0) is 23.3. The molecule has 1 aliphatic heterocycles. The maximum atomic E-state index is 12.9. The van der Waals surface area contributed by atoms with E-state index in [1.807, 2.05) is 43.3 Å². The standard InChI is InChI=1S/C23H23NO5S3/c1-15-5-8-18(9-6-15)32(28)14-17-12-16(7-10-19(17)29-2)13-20-22(27)24(23(30)31-20)11-3-4-21(25)26/h5-10,12-13H,3-4,11,14H2,1-2H3,(H,25,26). The van der Waals surface area contributed by atoms with Crippen LogP contribution in [0.4, 0.5) is 0 Å². The zero-order valence-corrected chi connectivity index (χ0v) is 20.1. The molecular weight excluding hydrogens is 466 g/mol. The highest BCUT2D eigenvalue weighted by Gasteiger charge is 2.31. The number of hydrogen-bond acceptors (Lipinski definition) is 6. The predicted molar refractivity (Wildman–Crippen MR) is 131 cm³/mol. The number of carbonyl (C=O) groups is 2. The first-order chi connectivity index (χ1) is 15.3. The van der Waals surface area contributed by atoms with Crippen LogP contribution >= 0.6 is 24.0 Å². The molecule has 6 nitrogen and oxygen atoms in total. The number of amides is 1. The molecule has 0 radical (unpaired) electrons. The summed E-state index contributed by atoms with van der Waals surface area (Å²) in [4.78, 5) is 26.1. The lowest BCUT2D eigenvalue weighted by Gasteiger charge is -2.13. The van der Waals surface area contributed by atoms with Crippen LogP contribution in [0.3, 0.4) is 0 Å². The van der Waals surface area contributed by atoms with Gasteiger partial charge in [-0.15, -0.1) is 0 Å². The van der Waals surface area contributed by atoms with Gasteiger partial charge in [0.1, 0.15) is 10.1 Å². The highest BCUT2D eigenvalue weighted by atomic mass is 32.2. The van der Waals surface area contributed by atoms with Crippen LogP contribution in [0, 0.1) is 6.92 Å². The lowest BCUT2D eigenvalue weighted by atomic mass is 10.1. The molecule has 0 saturated carbocycles. The third-order valence-electron chi connectivity index (χ3n) is 4.82. The van der Waals surface area contributed by atoms with Crippen LogP contribution in [-0.4, -0.2) is 44.1 Å². The third kappa shape index (κ3) is 6.05.